The number of hydrogen-bond donors (Lipinski definition) is 2. The SMILES string of the molecule is O=C(OCc1ccccc1)[C@@H](CO)NCc1ccccc1. The molecule has 0 aromatic heterocycles. The molecule has 0 fully saturated rings. The monoisotopic (exact) mass is 285 g/mol. The lowest BCUT2D eigenvalue weighted by Gasteiger charge is -2.15. The molecule has 0 aliphatic rings. The van der Waals surface area contributed by atoms with Gasteiger partial charge in [-0.05, 0) is 11.1 Å². The molecule has 0 saturated carbocycles. The highest BCUT2D eigenvalue weighted by Crippen LogP contribution is 2.03. The van der Waals surface area contributed by atoms with Gasteiger partial charge in [-0.1, -0.05) is 60.7 Å². The number of carbonyl (C=O) groups excluding carboxylic acids is 1. The third-order valence-corrected chi connectivity index (χ3v) is 3.09. The predicted octanol–water partition coefficient (Wildman–Crippen LogP) is 1.88. The first kappa shape index (κ1) is 15.2. The van der Waals surface area contributed by atoms with E-state index in [1.165, 1.54) is 0 Å². The maximum Gasteiger partial charge on any atom is 0.325 e. The van der Waals surface area contributed by atoms with Crippen LogP contribution in [0.3, 0.4) is 0 Å². The molecular formula is C17H19NO3. The van der Waals surface area contributed by atoms with Crippen LogP contribution in [0.1, 0.15) is 11.1 Å². The van der Waals surface area contributed by atoms with Crippen LogP contribution in [0.5, 0.6) is 0 Å². The van der Waals surface area contributed by atoms with Crippen LogP contribution in [0.15, 0.2) is 60.7 Å². The van der Waals surface area contributed by atoms with E-state index >= 15 is 0 Å². The van der Waals surface area contributed by atoms with Crippen LogP contribution < -0.4 is 5.32 Å². The van der Waals surface area contributed by atoms with Crippen molar-refractivity contribution in [1.82, 2.24) is 5.32 Å². The maximum absolute atomic E-state index is 11.9. The van der Waals surface area contributed by atoms with Crippen LogP contribution in [-0.2, 0) is 22.7 Å². The Hall–Kier alpha value is -2.17. The smallest absolute Gasteiger partial charge is 0.325 e. The highest BCUT2D eigenvalue weighted by atomic mass is 16.5. The summed E-state index contributed by atoms with van der Waals surface area (Å²) in [5.74, 6) is -0.447. The quantitative estimate of drug-likeness (QED) is 0.763. The minimum atomic E-state index is -0.714. The van der Waals surface area contributed by atoms with E-state index in [1.54, 1.807) is 0 Å². The second-order valence-corrected chi connectivity index (χ2v) is 4.69. The number of rotatable bonds is 7. The number of aliphatic hydroxyl groups excluding tert-OH is 1. The Labute approximate surface area is 124 Å². The Morgan fingerprint density at radius 1 is 1.00 bits per heavy atom. The minimum absolute atomic E-state index is 0.211. The van der Waals surface area contributed by atoms with E-state index in [4.69, 9.17) is 4.74 Å². The number of aliphatic hydroxyl groups is 1. The van der Waals surface area contributed by atoms with Crippen LogP contribution in [0, 0.1) is 0 Å². The van der Waals surface area contributed by atoms with Gasteiger partial charge in [0.05, 0.1) is 6.61 Å². The third kappa shape index (κ3) is 5.02. The number of ether oxygens (including phenoxy) is 1. The molecule has 0 aliphatic heterocycles. The summed E-state index contributed by atoms with van der Waals surface area (Å²) in [5, 5.41) is 12.3. The first-order chi connectivity index (χ1) is 10.3. The molecule has 2 N–H and O–H groups in total. The Bertz CT molecular complexity index is 542. The molecule has 2 rings (SSSR count). The van der Waals surface area contributed by atoms with Gasteiger partial charge in [-0.15, -0.1) is 0 Å². The molecule has 0 amide bonds. The third-order valence-electron chi connectivity index (χ3n) is 3.09. The van der Waals surface area contributed by atoms with Crippen LogP contribution >= 0.6 is 0 Å². The van der Waals surface area contributed by atoms with E-state index in [2.05, 4.69) is 5.32 Å². The van der Waals surface area contributed by atoms with Gasteiger partial charge in [0, 0.05) is 6.54 Å². The molecule has 4 nitrogen and oxygen atoms in total. The van der Waals surface area contributed by atoms with Crippen molar-refractivity contribution in [2.24, 2.45) is 0 Å². The molecular weight excluding hydrogens is 266 g/mol. The molecule has 0 aliphatic carbocycles. The Kier molecular flexibility index (Phi) is 5.94. The second-order valence-electron chi connectivity index (χ2n) is 4.69. The molecule has 0 unspecified atom stereocenters. The molecule has 0 saturated heterocycles. The zero-order valence-corrected chi connectivity index (χ0v) is 11.7. The average Bonchev–Trinajstić information content (AvgIpc) is 2.55. The summed E-state index contributed by atoms with van der Waals surface area (Å²) >= 11 is 0. The second kappa shape index (κ2) is 8.19. The predicted molar refractivity (Wildman–Crippen MR) is 80.4 cm³/mol. The zero-order valence-electron chi connectivity index (χ0n) is 11.7. The maximum atomic E-state index is 11.9. The molecule has 1 atom stereocenters. The van der Waals surface area contributed by atoms with E-state index < -0.39 is 12.0 Å². The van der Waals surface area contributed by atoms with Crippen LogP contribution in [-0.4, -0.2) is 23.7 Å². The number of benzene rings is 2. The van der Waals surface area contributed by atoms with Gasteiger partial charge in [0.25, 0.3) is 0 Å². The number of carbonyl (C=O) groups is 1. The number of hydrogen-bond acceptors (Lipinski definition) is 4. The van der Waals surface area contributed by atoms with E-state index in [1.807, 2.05) is 60.7 Å². The standard InChI is InChI=1S/C17H19NO3/c19-12-16(18-11-14-7-3-1-4-8-14)17(20)21-13-15-9-5-2-6-10-15/h1-10,16,18-19H,11-13H2/t16-/m1/s1. The molecule has 2 aromatic rings. The van der Waals surface area contributed by atoms with Crippen molar-refractivity contribution in [3.8, 4) is 0 Å². The normalized spacial score (nSPS) is 11.9. The fourth-order valence-corrected chi connectivity index (χ4v) is 1.89. The van der Waals surface area contributed by atoms with Crippen molar-refractivity contribution in [1.29, 1.82) is 0 Å². The first-order valence-electron chi connectivity index (χ1n) is 6.88. The summed E-state index contributed by atoms with van der Waals surface area (Å²) in [6, 6.07) is 18.4. The number of nitrogens with one attached hydrogen (secondary N) is 1. The van der Waals surface area contributed by atoms with Crippen molar-refractivity contribution < 1.29 is 14.6 Å². The zero-order chi connectivity index (χ0) is 14.9. The van der Waals surface area contributed by atoms with Gasteiger partial charge < -0.3 is 9.84 Å². The summed E-state index contributed by atoms with van der Waals surface area (Å²) < 4.78 is 5.21. The van der Waals surface area contributed by atoms with E-state index in [-0.39, 0.29) is 13.2 Å². The van der Waals surface area contributed by atoms with Gasteiger partial charge in [-0.2, -0.15) is 0 Å². The molecule has 0 radical (unpaired) electrons. The summed E-state index contributed by atoms with van der Waals surface area (Å²) in [5.41, 5.74) is 1.97. The largest absolute Gasteiger partial charge is 0.460 e. The highest BCUT2D eigenvalue weighted by molar-refractivity contribution is 5.75. The van der Waals surface area contributed by atoms with E-state index in [0.717, 1.165) is 11.1 Å². The molecule has 2 aromatic carbocycles. The molecule has 0 spiro atoms. The first-order valence-corrected chi connectivity index (χ1v) is 6.88. The van der Waals surface area contributed by atoms with Gasteiger partial charge in [-0.3, -0.25) is 10.1 Å². The fourth-order valence-electron chi connectivity index (χ4n) is 1.89. The molecule has 4 heteroatoms. The molecule has 21 heavy (non-hydrogen) atoms. The van der Waals surface area contributed by atoms with E-state index in [9.17, 15) is 9.90 Å². The Morgan fingerprint density at radius 2 is 1.57 bits per heavy atom. The van der Waals surface area contributed by atoms with Crippen LogP contribution in [0.4, 0.5) is 0 Å². The highest BCUT2D eigenvalue weighted by Gasteiger charge is 2.18. The topological polar surface area (TPSA) is 58.6 Å². The summed E-state index contributed by atoms with van der Waals surface area (Å²) in [6.07, 6.45) is 0. The Balaban J connectivity index is 1.81. The van der Waals surface area contributed by atoms with Gasteiger partial charge in [0.2, 0.25) is 0 Å². The van der Waals surface area contributed by atoms with Crippen LogP contribution in [0.25, 0.3) is 0 Å². The molecule has 0 heterocycles. The lowest BCUT2D eigenvalue weighted by Crippen LogP contribution is -2.40. The van der Waals surface area contributed by atoms with Crippen molar-refractivity contribution in [3.63, 3.8) is 0 Å². The van der Waals surface area contributed by atoms with Crippen LogP contribution in [0.2, 0.25) is 0 Å². The van der Waals surface area contributed by atoms with E-state index in [0.29, 0.717) is 6.54 Å². The van der Waals surface area contributed by atoms with Crippen molar-refractivity contribution in [2.75, 3.05) is 6.61 Å². The van der Waals surface area contributed by atoms with Gasteiger partial charge in [-0.25, -0.2) is 0 Å². The summed E-state index contributed by atoms with van der Waals surface area (Å²) in [6.45, 7) is 0.427. The average molecular weight is 285 g/mol. The summed E-state index contributed by atoms with van der Waals surface area (Å²) in [7, 11) is 0. The summed E-state index contributed by atoms with van der Waals surface area (Å²) in [4.78, 5) is 11.9. The van der Waals surface area contributed by atoms with Gasteiger partial charge in [0.15, 0.2) is 0 Å². The van der Waals surface area contributed by atoms with Gasteiger partial charge in [0.1, 0.15) is 12.6 Å². The van der Waals surface area contributed by atoms with Crippen molar-refractivity contribution >= 4 is 5.97 Å². The lowest BCUT2D eigenvalue weighted by atomic mass is 10.2. The van der Waals surface area contributed by atoms with Gasteiger partial charge >= 0.3 is 5.97 Å². The van der Waals surface area contributed by atoms with Crippen molar-refractivity contribution in [3.05, 3.63) is 71.8 Å². The lowest BCUT2D eigenvalue weighted by molar-refractivity contribution is -0.148. The molecule has 0 bridgehead atoms. The molecule has 110 valence electrons. The minimum Gasteiger partial charge on any atom is -0.460 e. The Morgan fingerprint density at radius 3 is 2.14 bits per heavy atom. The van der Waals surface area contributed by atoms with Crippen molar-refractivity contribution in [2.45, 2.75) is 19.2 Å². The number of esters is 1. The fraction of sp³-hybridized carbons (Fsp3) is 0.235.